The van der Waals surface area contributed by atoms with E-state index in [0.717, 1.165) is 47.2 Å². The van der Waals surface area contributed by atoms with Crippen molar-refractivity contribution in [3.8, 4) is 28.3 Å². The molecule has 1 saturated carbocycles. The predicted octanol–water partition coefficient (Wildman–Crippen LogP) is 4.07. The number of nitrogens with zero attached hydrogens (tertiary/aromatic N) is 2. The van der Waals surface area contributed by atoms with Gasteiger partial charge < -0.3 is 10.5 Å². The zero-order valence-electron chi connectivity index (χ0n) is 18.0. The van der Waals surface area contributed by atoms with Crippen LogP contribution in [-0.4, -0.2) is 29.8 Å². The average molecular weight is 428 g/mol. The van der Waals surface area contributed by atoms with Crippen LogP contribution in [0.2, 0.25) is 0 Å². The van der Waals surface area contributed by atoms with Crippen molar-refractivity contribution in [2.24, 2.45) is 5.73 Å². The molecule has 5 rings (SSSR count). The minimum atomic E-state index is -0.251. The maximum Gasteiger partial charge on any atom is 0.265 e. The number of anilines is 1. The van der Waals surface area contributed by atoms with Crippen molar-refractivity contribution in [1.29, 1.82) is 0 Å². The minimum Gasteiger partial charge on any atom is -0.466 e. The molecule has 3 aromatic rings. The van der Waals surface area contributed by atoms with E-state index in [1.807, 2.05) is 48.5 Å². The molecule has 1 amide bonds. The maximum atomic E-state index is 12.5. The first-order chi connectivity index (χ1) is 15.4. The van der Waals surface area contributed by atoms with Gasteiger partial charge in [0.25, 0.3) is 5.91 Å². The largest absolute Gasteiger partial charge is 0.466 e. The summed E-state index contributed by atoms with van der Waals surface area (Å²) in [4.78, 5) is 30.5. The number of benzene rings is 2. The molecule has 0 saturated heterocycles. The molecule has 2 N–H and O–H groups in total. The molecule has 0 unspecified atom stereocenters. The zero-order chi connectivity index (χ0) is 22.3. The Hall–Kier alpha value is -3.51. The second kappa shape index (κ2) is 7.88. The normalized spacial score (nSPS) is 16.7. The number of rotatable bonds is 5. The van der Waals surface area contributed by atoms with Crippen molar-refractivity contribution in [2.45, 2.75) is 31.7 Å². The number of amides is 1. The lowest BCUT2D eigenvalue weighted by Crippen LogP contribution is -2.43. The van der Waals surface area contributed by atoms with Gasteiger partial charge in [0, 0.05) is 16.7 Å². The van der Waals surface area contributed by atoms with Crippen LogP contribution in [0, 0.1) is 0 Å². The van der Waals surface area contributed by atoms with Crippen LogP contribution >= 0.6 is 0 Å². The summed E-state index contributed by atoms with van der Waals surface area (Å²) in [5.41, 5.74) is 11.5. The summed E-state index contributed by atoms with van der Waals surface area (Å²) in [7, 11) is 0. The Balaban J connectivity index is 1.64. The van der Waals surface area contributed by atoms with E-state index in [0.29, 0.717) is 11.6 Å². The SMILES string of the molecule is CC(=O)CN1C(=O)COc2nc(-c3ccc(C4(N)CCC4)cc3)c(-c3ccccc3)cc21. The van der Waals surface area contributed by atoms with Crippen molar-refractivity contribution in [3.63, 3.8) is 0 Å². The molecule has 1 fully saturated rings. The summed E-state index contributed by atoms with van der Waals surface area (Å²) in [5.74, 6) is 0.0112. The topological polar surface area (TPSA) is 85.5 Å². The van der Waals surface area contributed by atoms with Crippen LogP contribution in [0.5, 0.6) is 5.88 Å². The van der Waals surface area contributed by atoms with E-state index in [2.05, 4.69) is 12.1 Å². The molecule has 0 radical (unpaired) electrons. The Morgan fingerprint density at radius 3 is 2.44 bits per heavy atom. The highest BCUT2D eigenvalue weighted by Crippen LogP contribution is 2.42. The molecule has 1 aliphatic heterocycles. The minimum absolute atomic E-state index is 0.00225. The van der Waals surface area contributed by atoms with Gasteiger partial charge in [-0.05, 0) is 43.4 Å². The van der Waals surface area contributed by atoms with Crippen molar-refractivity contribution in [3.05, 3.63) is 66.2 Å². The first-order valence-corrected chi connectivity index (χ1v) is 10.9. The van der Waals surface area contributed by atoms with Crippen LogP contribution in [0.4, 0.5) is 5.69 Å². The van der Waals surface area contributed by atoms with Gasteiger partial charge in [0.2, 0.25) is 5.88 Å². The zero-order valence-corrected chi connectivity index (χ0v) is 18.0. The quantitative estimate of drug-likeness (QED) is 0.663. The Morgan fingerprint density at radius 1 is 1.09 bits per heavy atom. The van der Waals surface area contributed by atoms with Crippen molar-refractivity contribution in [1.82, 2.24) is 4.98 Å². The predicted molar refractivity (Wildman–Crippen MR) is 123 cm³/mol. The van der Waals surface area contributed by atoms with E-state index >= 15 is 0 Å². The fraction of sp³-hybridized carbons (Fsp3) is 0.269. The van der Waals surface area contributed by atoms with E-state index in [-0.39, 0.29) is 30.4 Å². The number of nitrogens with two attached hydrogens (primary N) is 1. The molecule has 32 heavy (non-hydrogen) atoms. The molecule has 1 aliphatic carbocycles. The van der Waals surface area contributed by atoms with E-state index in [4.69, 9.17) is 15.5 Å². The number of pyridine rings is 1. The average Bonchev–Trinajstić information content (AvgIpc) is 2.79. The Bertz CT molecular complexity index is 1180. The lowest BCUT2D eigenvalue weighted by molar-refractivity contribution is -0.124. The molecule has 0 bridgehead atoms. The van der Waals surface area contributed by atoms with Gasteiger partial charge in [0.1, 0.15) is 11.5 Å². The second-order valence-corrected chi connectivity index (χ2v) is 8.63. The van der Waals surface area contributed by atoms with Crippen LogP contribution in [0.25, 0.3) is 22.4 Å². The number of carbonyl (C=O) groups is 2. The molecule has 0 spiro atoms. The van der Waals surface area contributed by atoms with Gasteiger partial charge in [-0.15, -0.1) is 0 Å². The van der Waals surface area contributed by atoms with Crippen molar-refractivity contribution >= 4 is 17.4 Å². The third-order valence-corrected chi connectivity index (χ3v) is 6.34. The fourth-order valence-corrected chi connectivity index (χ4v) is 4.39. The number of ether oxygens (including phenoxy) is 1. The Morgan fingerprint density at radius 2 is 1.81 bits per heavy atom. The first kappa shape index (κ1) is 20.4. The molecule has 2 aliphatic rings. The molecule has 1 aromatic heterocycles. The number of fused-ring (bicyclic) bond motifs is 1. The number of Topliss-reactive ketones (excluding diaryl/α,β-unsaturated/α-hetero) is 1. The monoisotopic (exact) mass is 427 g/mol. The van der Waals surface area contributed by atoms with Crippen LogP contribution in [0.1, 0.15) is 31.7 Å². The summed E-state index contributed by atoms with van der Waals surface area (Å²) in [6, 6.07) is 20.0. The Kier molecular flexibility index (Phi) is 5.02. The van der Waals surface area contributed by atoms with Gasteiger partial charge in [-0.2, -0.15) is 0 Å². The molecule has 6 heteroatoms. The van der Waals surface area contributed by atoms with E-state index in [1.165, 1.54) is 11.8 Å². The van der Waals surface area contributed by atoms with Gasteiger partial charge in [-0.1, -0.05) is 54.6 Å². The number of aromatic nitrogens is 1. The summed E-state index contributed by atoms with van der Waals surface area (Å²) in [6.07, 6.45) is 3.18. The van der Waals surface area contributed by atoms with Gasteiger partial charge in [0.05, 0.1) is 12.2 Å². The summed E-state index contributed by atoms with van der Waals surface area (Å²) >= 11 is 0. The summed E-state index contributed by atoms with van der Waals surface area (Å²) < 4.78 is 5.67. The number of ketones is 1. The molecule has 6 nitrogen and oxygen atoms in total. The fourth-order valence-electron chi connectivity index (χ4n) is 4.39. The second-order valence-electron chi connectivity index (χ2n) is 8.63. The number of hydrogen-bond donors (Lipinski definition) is 1. The lowest BCUT2D eigenvalue weighted by atomic mass is 9.72. The van der Waals surface area contributed by atoms with Crippen LogP contribution in [0.3, 0.4) is 0 Å². The van der Waals surface area contributed by atoms with Crippen LogP contribution < -0.4 is 15.4 Å². The molecular weight excluding hydrogens is 402 g/mol. The lowest BCUT2D eigenvalue weighted by Gasteiger charge is -2.38. The van der Waals surface area contributed by atoms with E-state index in [1.54, 1.807) is 0 Å². The van der Waals surface area contributed by atoms with Crippen molar-refractivity contribution < 1.29 is 14.3 Å². The smallest absolute Gasteiger partial charge is 0.265 e. The number of carbonyl (C=O) groups excluding carboxylic acids is 2. The van der Waals surface area contributed by atoms with Crippen molar-refractivity contribution in [2.75, 3.05) is 18.1 Å². The molecule has 0 atom stereocenters. The molecule has 2 aromatic carbocycles. The highest BCUT2D eigenvalue weighted by Gasteiger charge is 2.34. The Labute approximate surface area is 187 Å². The van der Waals surface area contributed by atoms with Gasteiger partial charge in [0.15, 0.2) is 6.61 Å². The standard InChI is InChI=1S/C26H25N3O3/c1-17(30)15-29-22-14-21(18-6-3-2-4-7-18)24(28-25(22)32-16-23(29)31)19-8-10-20(11-9-19)26(27)12-5-13-26/h2-4,6-11,14H,5,12-13,15-16,27H2,1H3. The maximum absolute atomic E-state index is 12.5. The summed E-state index contributed by atoms with van der Waals surface area (Å²) in [6.45, 7) is 1.33. The highest BCUT2D eigenvalue weighted by atomic mass is 16.5. The first-order valence-electron chi connectivity index (χ1n) is 10.9. The third-order valence-electron chi connectivity index (χ3n) is 6.34. The van der Waals surface area contributed by atoms with Gasteiger partial charge >= 0.3 is 0 Å². The molecule has 162 valence electrons. The van der Waals surface area contributed by atoms with Crippen LogP contribution in [-0.2, 0) is 15.1 Å². The van der Waals surface area contributed by atoms with Gasteiger partial charge in [-0.25, -0.2) is 4.98 Å². The third kappa shape index (κ3) is 3.56. The van der Waals surface area contributed by atoms with E-state index < -0.39 is 0 Å². The van der Waals surface area contributed by atoms with E-state index in [9.17, 15) is 9.59 Å². The van der Waals surface area contributed by atoms with Crippen LogP contribution in [0.15, 0.2) is 60.7 Å². The molecular formula is C26H25N3O3. The highest BCUT2D eigenvalue weighted by molar-refractivity contribution is 6.03. The number of hydrogen-bond acceptors (Lipinski definition) is 5. The summed E-state index contributed by atoms with van der Waals surface area (Å²) in [5, 5.41) is 0. The van der Waals surface area contributed by atoms with Gasteiger partial charge in [-0.3, -0.25) is 14.5 Å². The molecule has 2 heterocycles.